The van der Waals surface area contributed by atoms with Crippen LogP contribution in [0.3, 0.4) is 0 Å². The van der Waals surface area contributed by atoms with E-state index in [1.54, 1.807) is 42.5 Å². The topological polar surface area (TPSA) is 205 Å². The molecule has 0 radical (unpaired) electrons. The number of benzene rings is 5. The van der Waals surface area contributed by atoms with E-state index in [2.05, 4.69) is 0 Å². The van der Waals surface area contributed by atoms with E-state index in [9.17, 15) is 21.4 Å². The van der Waals surface area contributed by atoms with Gasteiger partial charge in [0.1, 0.15) is 27.9 Å². The second-order valence-corrected chi connectivity index (χ2v) is 12.9. The van der Waals surface area contributed by atoms with Gasteiger partial charge in [0.05, 0.1) is 27.3 Å². The molecule has 0 bridgehead atoms. The summed E-state index contributed by atoms with van der Waals surface area (Å²) >= 11 is 0. The minimum absolute atomic E-state index is 0.00676. The molecule has 5 aromatic carbocycles. The van der Waals surface area contributed by atoms with Crippen molar-refractivity contribution in [1.82, 2.24) is 9.97 Å². The SMILES string of the molecule is Nc1ccc(-c2nc3ccc(Oc4ccc(Oc5ccc(S(=O)(=O)O)cc5)cc4S(=O)(=O)O)cc3nc2-c2ccc(N)cc2)cc1. The van der Waals surface area contributed by atoms with Gasteiger partial charge >= 0.3 is 0 Å². The number of fused-ring (bicyclic) bond motifs is 1. The molecule has 0 spiro atoms. The van der Waals surface area contributed by atoms with Crippen molar-refractivity contribution in [3.05, 3.63) is 109 Å². The number of ether oxygens (including phenoxy) is 2. The van der Waals surface area contributed by atoms with Gasteiger partial charge in [-0.3, -0.25) is 9.11 Å². The third-order valence-electron chi connectivity index (χ3n) is 6.78. The number of nitrogens with zero attached hydrogens (tertiary/aromatic N) is 2. The minimum Gasteiger partial charge on any atom is -0.457 e. The Bertz CT molecular complexity index is 2310. The van der Waals surface area contributed by atoms with E-state index < -0.39 is 25.1 Å². The van der Waals surface area contributed by atoms with Gasteiger partial charge in [0.25, 0.3) is 20.2 Å². The summed E-state index contributed by atoms with van der Waals surface area (Å²) in [5, 5.41) is 0. The zero-order valence-corrected chi connectivity index (χ0v) is 25.2. The zero-order chi connectivity index (χ0) is 32.6. The molecule has 232 valence electrons. The van der Waals surface area contributed by atoms with Crippen molar-refractivity contribution in [1.29, 1.82) is 0 Å². The normalized spacial score (nSPS) is 11.8. The van der Waals surface area contributed by atoms with Gasteiger partial charge in [0.15, 0.2) is 0 Å². The predicted molar refractivity (Wildman–Crippen MR) is 172 cm³/mol. The van der Waals surface area contributed by atoms with Crippen LogP contribution in [-0.4, -0.2) is 35.9 Å². The fourth-order valence-electron chi connectivity index (χ4n) is 4.56. The molecular formula is C32H24N4O8S2. The molecule has 6 aromatic rings. The Morgan fingerprint density at radius 1 is 0.522 bits per heavy atom. The standard InChI is InChI=1S/C32H24N4O8S2/c33-21-5-1-19(2-6-21)31-32(20-3-7-22(34)8-4-20)36-28-17-24(11-15-27(28)35-31)44-29-16-12-25(18-30(29)46(40,41)42)43-23-9-13-26(14-10-23)45(37,38)39/h1-18H,33-34H2,(H,37,38,39)(H,40,41,42). The predicted octanol–water partition coefficient (Wildman–Crippen LogP) is 6.21. The number of nitrogen functional groups attached to an aromatic ring is 2. The molecule has 46 heavy (non-hydrogen) atoms. The van der Waals surface area contributed by atoms with Gasteiger partial charge in [0.2, 0.25) is 0 Å². The summed E-state index contributed by atoms with van der Waals surface area (Å²) in [5.74, 6) is 0.170. The Balaban J connectivity index is 1.36. The van der Waals surface area contributed by atoms with E-state index in [-0.39, 0.29) is 27.9 Å². The maximum Gasteiger partial charge on any atom is 0.298 e. The number of nitrogens with two attached hydrogens (primary N) is 2. The quantitative estimate of drug-likeness (QED) is 0.107. The maximum atomic E-state index is 12.3. The molecule has 0 unspecified atom stereocenters. The molecule has 14 heteroatoms. The van der Waals surface area contributed by atoms with Gasteiger partial charge in [-0.15, -0.1) is 0 Å². The minimum atomic E-state index is -4.79. The van der Waals surface area contributed by atoms with Gasteiger partial charge in [-0.1, -0.05) is 24.3 Å². The fraction of sp³-hybridized carbons (Fsp3) is 0. The van der Waals surface area contributed by atoms with Crippen LogP contribution < -0.4 is 20.9 Å². The van der Waals surface area contributed by atoms with E-state index in [4.69, 9.17) is 35.5 Å². The molecule has 6 N–H and O–H groups in total. The summed E-state index contributed by atoms with van der Waals surface area (Å²) in [6, 6.07) is 27.8. The summed E-state index contributed by atoms with van der Waals surface area (Å²) in [7, 11) is -9.19. The Labute approximate surface area is 263 Å². The molecule has 6 rings (SSSR count). The highest BCUT2D eigenvalue weighted by atomic mass is 32.2. The average Bonchev–Trinajstić information content (AvgIpc) is 3.01. The molecule has 0 aliphatic rings. The van der Waals surface area contributed by atoms with Crippen LogP contribution in [0.5, 0.6) is 23.0 Å². The largest absolute Gasteiger partial charge is 0.457 e. The number of anilines is 2. The molecule has 0 atom stereocenters. The Morgan fingerprint density at radius 2 is 1.02 bits per heavy atom. The van der Waals surface area contributed by atoms with Crippen LogP contribution in [-0.2, 0) is 20.2 Å². The Kier molecular flexibility index (Phi) is 7.79. The molecule has 0 aliphatic heterocycles. The summed E-state index contributed by atoms with van der Waals surface area (Å²) in [6.07, 6.45) is 0. The molecule has 1 aromatic heterocycles. The Morgan fingerprint density at radius 3 is 1.57 bits per heavy atom. The monoisotopic (exact) mass is 656 g/mol. The Hall–Kier alpha value is -5.54. The van der Waals surface area contributed by atoms with Crippen molar-refractivity contribution in [2.75, 3.05) is 11.5 Å². The molecule has 0 aliphatic carbocycles. The third kappa shape index (κ3) is 6.60. The van der Waals surface area contributed by atoms with Crippen molar-refractivity contribution in [2.45, 2.75) is 9.79 Å². The fourth-order valence-corrected chi connectivity index (χ4v) is 5.67. The highest BCUT2D eigenvalue weighted by Crippen LogP contribution is 2.36. The lowest BCUT2D eigenvalue weighted by Crippen LogP contribution is -2.02. The lowest BCUT2D eigenvalue weighted by Gasteiger charge is -2.14. The highest BCUT2D eigenvalue weighted by Gasteiger charge is 2.20. The number of aromatic nitrogens is 2. The maximum absolute atomic E-state index is 12.3. The number of rotatable bonds is 8. The van der Waals surface area contributed by atoms with Crippen LogP contribution in [0.2, 0.25) is 0 Å². The summed E-state index contributed by atoms with van der Waals surface area (Å²) in [4.78, 5) is 8.81. The smallest absolute Gasteiger partial charge is 0.298 e. The average molecular weight is 657 g/mol. The second-order valence-electron chi connectivity index (χ2n) is 10.0. The van der Waals surface area contributed by atoms with E-state index in [1.807, 2.05) is 24.3 Å². The van der Waals surface area contributed by atoms with Crippen molar-refractivity contribution in [3.63, 3.8) is 0 Å². The lowest BCUT2D eigenvalue weighted by molar-refractivity contribution is 0.441. The summed E-state index contributed by atoms with van der Waals surface area (Å²) < 4.78 is 77.9. The first-order chi connectivity index (χ1) is 21.8. The van der Waals surface area contributed by atoms with Gasteiger partial charge in [0, 0.05) is 34.6 Å². The van der Waals surface area contributed by atoms with E-state index in [1.165, 1.54) is 24.3 Å². The van der Waals surface area contributed by atoms with Crippen LogP contribution >= 0.6 is 0 Å². The van der Waals surface area contributed by atoms with Gasteiger partial charge in [-0.25, -0.2) is 9.97 Å². The first-order valence-corrected chi connectivity index (χ1v) is 16.3. The van der Waals surface area contributed by atoms with Crippen molar-refractivity contribution < 1.29 is 35.4 Å². The molecule has 12 nitrogen and oxygen atoms in total. The van der Waals surface area contributed by atoms with Crippen molar-refractivity contribution in [2.24, 2.45) is 0 Å². The van der Waals surface area contributed by atoms with Crippen LogP contribution in [0.4, 0.5) is 11.4 Å². The highest BCUT2D eigenvalue weighted by molar-refractivity contribution is 7.86. The van der Waals surface area contributed by atoms with Crippen LogP contribution in [0.15, 0.2) is 119 Å². The first kappa shape index (κ1) is 30.5. The molecule has 0 amide bonds. The molecular weight excluding hydrogens is 633 g/mol. The van der Waals surface area contributed by atoms with E-state index in [0.29, 0.717) is 33.8 Å². The van der Waals surface area contributed by atoms with Crippen LogP contribution in [0.1, 0.15) is 0 Å². The summed E-state index contributed by atoms with van der Waals surface area (Å²) in [5.41, 5.74) is 16.7. The summed E-state index contributed by atoms with van der Waals surface area (Å²) in [6.45, 7) is 0. The number of hydrogen-bond donors (Lipinski definition) is 4. The molecule has 1 heterocycles. The zero-order valence-electron chi connectivity index (χ0n) is 23.6. The van der Waals surface area contributed by atoms with Gasteiger partial charge < -0.3 is 20.9 Å². The van der Waals surface area contributed by atoms with E-state index >= 15 is 0 Å². The van der Waals surface area contributed by atoms with E-state index in [0.717, 1.165) is 29.3 Å². The second kappa shape index (κ2) is 11.8. The lowest BCUT2D eigenvalue weighted by atomic mass is 10.0. The van der Waals surface area contributed by atoms with Gasteiger partial charge in [-0.05, 0) is 72.8 Å². The third-order valence-corrected chi connectivity index (χ3v) is 8.52. The van der Waals surface area contributed by atoms with Crippen molar-refractivity contribution >= 4 is 42.6 Å². The first-order valence-electron chi connectivity index (χ1n) is 13.4. The molecule has 0 saturated carbocycles. The van der Waals surface area contributed by atoms with Crippen LogP contribution in [0, 0.1) is 0 Å². The number of hydrogen-bond acceptors (Lipinski definition) is 10. The van der Waals surface area contributed by atoms with Gasteiger partial charge in [-0.2, -0.15) is 16.8 Å². The van der Waals surface area contributed by atoms with Crippen LogP contribution in [0.25, 0.3) is 33.5 Å². The van der Waals surface area contributed by atoms with Crippen molar-refractivity contribution in [3.8, 4) is 45.5 Å². The molecule has 0 fully saturated rings. The molecule has 0 saturated heterocycles.